The fourth-order valence-electron chi connectivity index (χ4n) is 1.43. The summed E-state index contributed by atoms with van der Waals surface area (Å²) in [6.45, 7) is -0.0235. The highest BCUT2D eigenvalue weighted by Gasteiger charge is 2.08. The quantitative estimate of drug-likeness (QED) is 0.764. The van der Waals surface area contributed by atoms with Crippen molar-refractivity contribution in [3.05, 3.63) is 30.0 Å². The fourth-order valence-corrected chi connectivity index (χ4v) is 1.43. The molecule has 0 atom stereocenters. The third kappa shape index (κ3) is 1.17. The molecule has 2 aromatic rings. The zero-order chi connectivity index (χ0) is 9.26. The van der Waals surface area contributed by atoms with Crippen LogP contribution in [0.3, 0.4) is 0 Å². The molecule has 0 amide bonds. The van der Waals surface area contributed by atoms with Crippen molar-refractivity contribution in [1.29, 1.82) is 0 Å². The number of methoxy groups -OCH3 is 1. The lowest BCUT2D eigenvalue weighted by molar-refractivity contribution is 0.274. The van der Waals surface area contributed by atoms with Crippen LogP contribution in [0.5, 0.6) is 5.75 Å². The Balaban J connectivity index is 2.74. The monoisotopic (exact) mass is 178 g/mol. The first kappa shape index (κ1) is 8.13. The Kier molecular flexibility index (Phi) is 1.94. The van der Waals surface area contributed by atoms with Crippen LogP contribution < -0.4 is 4.74 Å². The molecule has 1 N–H and O–H groups in total. The molecule has 13 heavy (non-hydrogen) atoms. The molecule has 0 aliphatic carbocycles. The summed E-state index contributed by atoms with van der Waals surface area (Å²) in [6.07, 6.45) is 1.61. The molecule has 2 rings (SSSR count). The highest BCUT2D eigenvalue weighted by molar-refractivity contribution is 5.85. The van der Waals surface area contributed by atoms with Gasteiger partial charge in [0.1, 0.15) is 11.3 Å². The van der Waals surface area contributed by atoms with E-state index in [9.17, 15) is 0 Å². The molecule has 0 spiro atoms. The van der Waals surface area contributed by atoms with Gasteiger partial charge in [-0.05, 0) is 18.2 Å². The normalized spacial score (nSPS) is 10.6. The maximum atomic E-state index is 9.04. The van der Waals surface area contributed by atoms with Gasteiger partial charge in [0.25, 0.3) is 0 Å². The largest absolute Gasteiger partial charge is 0.496 e. The maximum absolute atomic E-state index is 9.04. The molecule has 1 heterocycles. The van der Waals surface area contributed by atoms with Crippen LogP contribution in [0.15, 0.2) is 28.9 Å². The molecule has 0 fully saturated rings. The van der Waals surface area contributed by atoms with Crippen molar-refractivity contribution in [3.63, 3.8) is 0 Å². The molecular weight excluding hydrogens is 168 g/mol. The Hall–Kier alpha value is -1.48. The molecule has 3 heteroatoms. The SMILES string of the molecule is COc1c(CO)ccc2occc12. The number of hydrogen-bond donors (Lipinski definition) is 1. The molecule has 68 valence electrons. The summed E-state index contributed by atoms with van der Waals surface area (Å²) >= 11 is 0. The topological polar surface area (TPSA) is 42.6 Å². The fraction of sp³-hybridized carbons (Fsp3) is 0.200. The van der Waals surface area contributed by atoms with Gasteiger partial charge in [-0.15, -0.1) is 0 Å². The summed E-state index contributed by atoms with van der Waals surface area (Å²) in [5, 5.41) is 9.93. The number of benzene rings is 1. The molecule has 0 aliphatic rings. The van der Waals surface area contributed by atoms with E-state index in [0.29, 0.717) is 5.75 Å². The standard InChI is InChI=1S/C10H10O3/c1-12-10-7(6-11)2-3-9-8(10)4-5-13-9/h2-5,11H,6H2,1H3. The van der Waals surface area contributed by atoms with Crippen molar-refractivity contribution in [2.75, 3.05) is 7.11 Å². The zero-order valence-electron chi connectivity index (χ0n) is 7.28. The van der Waals surface area contributed by atoms with Crippen molar-refractivity contribution in [2.45, 2.75) is 6.61 Å². The maximum Gasteiger partial charge on any atom is 0.137 e. The van der Waals surface area contributed by atoms with E-state index in [0.717, 1.165) is 16.5 Å². The van der Waals surface area contributed by atoms with Crippen LogP contribution in [-0.4, -0.2) is 12.2 Å². The number of ether oxygens (including phenoxy) is 1. The van der Waals surface area contributed by atoms with Gasteiger partial charge >= 0.3 is 0 Å². The van der Waals surface area contributed by atoms with Gasteiger partial charge in [0.05, 0.1) is 25.4 Å². The summed E-state index contributed by atoms with van der Waals surface area (Å²) in [5.41, 5.74) is 1.55. The third-order valence-electron chi connectivity index (χ3n) is 2.04. The summed E-state index contributed by atoms with van der Waals surface area (Å²) < 4.78 is 10.4. The average Bonchev–Trinajstić information content (AvgIpc) is 2.63. The molecule has 3 nitrogen and oxygen atoms in total. The molecule has 0 bridgehead atoms. The first-order valence-electron chi connectivity index (χ1n) is 4.00. The van der Waals surface area contributed by atoms with Crippen molar-refractivity contribution in [3.8, 4) is 5.75 Å². The Bertz CT molecular complexity index is 417. The Morgan fingerprint density at radius 1 is 1.38 bits per heavy atom. The van der Waals surface area contributed by atoms with Gasteiger partial charge in [-0.2, -0.15) is 0 Å². The van der Waals surface area contributed by atoms with Gasteiger partial charge in [0.2, 0.25) is 0 Å². The molecule has 0 aliphatic heterocycles. The van der Waals surface area contributed by atoms with Gasteiger partial charge in [-0.3, -0.25) is 0 Å². The van der Waals surface area contributed by atoms with Gasteiger partial charge < -0.3 is 14.3 Å². The van der Waals surface area contributed by atoms with Gasteiger partial charge in [-0.1, -0.05) is 0 Å². The van der Waals surface area contributed by atoms with E-state index < -0.39 is 0 Å². The van der Waals surface area contributed by atoms with Crippen molar-refractivity contribution in [1.82, 2.24) is 0 Å². The van der Waals surface area contributed by atoms with E-state index in [1.54, 1.807) is 19.4 Å². The van der Waals surface area contributed by atoms with Crippen LogP contribution in [0.4, 0.5) is 0 Å². The number of aliphatic hydroxyl groups excluding tert-OH is 1. The lowest BCUT2D eigenvalue weighted by Crippen LogP contribution is -1.91. The highest BCUT2D eigenvalue weighted by atomic mass is 16.5. The second kappa shape index (κ2) is 3.11. The van der Waals surface area contributed by atoms with Crippen molar-refractivity contribution >= 4 is 11.0 Å². The van der Waals surface area contributed by atoms with E-state index in [2.05, 4.69) is 0 Å². The number of aliphatic hydroxyl groups is 1. The van der Waals surface area contributed by atoms with Crippen LogP contribution >= 0.6 is 0 Å². The molecule has 0 saturated heterocycles. The van der Waals surface area contributed by atoms with Crippen molar-refractivity contribution < 1.29 is 14.3 Å². The summed E-state index contributed by atoms with van der Waals surface area (Å²) in [7, 11) is 1.58. The van der Waals surface area contributed by atoms with Crippen LogP contribution in [0, 0.1) is 0 Å². The molecule has 0 unspecified atom stereocenters. The van der Waals surface area contributed by atoms with Gasteiger partial charge in [0, 0.05) is 5.56 Å². The lowest BCUT2D eigenvalue weighted by Gasteiger charge is -2.05. The molecule has 1 aromatic heterocycles. The minimum atomic E-state index is -0.0235. The van der Waals surface area contributed by atoms with Crippen LogP contribution in [0.1, 0.15) is 5.56 Å². The van der Waals surface area contributed by atoms with Crippen molar-refractivity contribution in [2.24, 2.45) is 0 Å². The number of fused-ring (bicyclic) bond motifs is 1. The van der Waals surface area contributed by atoms with E-state index >= 15 is 0 Å². The summed E-state index contributed by atoms with van der Waals surface area (Å²) in [5.74, 6) is 0.689. The van der Waals surface area contributed by atoms with Crippen LogP contribution in [-0.2, 0) is 6.61 Å². The minimum Gasteiger partial charge on any atom is -0.496 e. The zero-order valence-corrected chi connectivity index (χ0v) is 7.28. The number of hydrogen-bond acceptors (Lipinski definition) is 3. The van der Waals surface area contributed by atoms with Crippen LogP contribution in [0.2, 0.25) is 0 Å². The number of furan rings is 1. The predicted octanol–water partition coefficient (Wildman–Crippen LogP) is 1.93. The summed E-state index contributed by atoms with van der Waals surface area (Å²) in [4.78, 5) is 0. The van der Waals surface area contributed by atoms with E-state index in [1.165, 1.54) is 0 Å². The number of rotatable bonds is 2. The molecular formula is C10H10O3. The van der Waals surface area contributed by atoms with Gasteiger partial charge in [-0.25, -0.2) is 0 Å². The first-order chi connectivity index (χ1) is 6.36. The van der Waals surface area contributed by atoms with E-state index in [-0.39, 0.29) is 6.61 Å². The smallest absolute Gasteiger partial charge is 0.137 e. The Morgan fingerprint density at radius 3 is 2.92 bits per heavy atom. The van der Waals surface area contributed by atoms with E-state index in [1.807, 2.05) is 12.1 Å². The minimum absolute atomic E-state index is 0.0235. The molecule has 0 radical (unpaired) electrons. The highest BCUT2D eigenvalue weighted by Crippen LogP contribution is 2.30. The van der Waals surface area contributed by atoms with Gasteiger partial charge in [0.15, 0.2) is 0 Å². The average molecular weight is 178 g/mol. The molecule has 1 aromatic carbocycles. The Labute approximate surface area is 75.5 Å². The second-order valence-corrected chi connectivity index (χ2v) is 2.75. The van der Waals surface area contributed by atoms with E-state index in [4.69, 9.17) is 14.3 Å². The molecule has 0 saturated carbocycles. The lowest BCUT2D eigenvalue weighted by atomic mass is 10.1. The van der Waals surface area contributed by atoms with Crippen LogP contribution in [0.25, 0.3) is 11.0 Å². The summed E-state index contributed by atoms with van der Waals surface area (Å²) in [6, 6.07) is 5.45. The first-order valence-corrected chi connectivity index (χ1v) is 4.00. The third-order valence-corrected chi connectivity index (χ3v) is 2.04. The second-order valence-electron chi connectivity index (χ2n) is 2.75. The predicted molar refractivity (Wildman–Crippen MR) is 48.7 cm³/mol. The Morgan fingerprint density at radius 2 is 2.23 bits per heavy atom.